The van der Waals surface area contributed by atoms with Crippen molar-refractivity contribution in [2.75, 3.05) is 0 Å². The quantitative estimate of drug-likeness (QED) is 0.363. The van der Waals surface area contributed by atoms with E-state index in [1.54, 1.807) is 0 Å². The van der Waals surface area contributed by atoms with Crippen molar-refractivity contribution in [1.82, 2.24) is 0 Å². The summed E-state index contributed by atoms with van der Waals surface area (Å²) in [7, 11) is 0. The predicted octanol–water partition coefficient (Wildman–Crippen LogP) is 4.64. The highest BCUT2D eigenvalue weighted by atomic mass is 16.3. The topological polar surface area (TPSA) is 37.3 Å². The summed E-state index contributed by atoms with van der Waals surface area (Å²) in [6.45, 7) is 2.20. The molecule has 2 heteroatoms. The first-order chi connectivity index (χ1) is 8.81. The molecule has 0 aliphatic rings. The molecular weight excluding hydrogens is 224 g/mol. The third-order valence-electron chi connectivity index (χ3n) is 3.50. The van der Waals surface area contributed by atoms with E-state index < -0.39 is 0 Å². The van der Waals surface area contributed by atoms with Gasteiger partial charge in [-0.25, -0.2) is 0 Å². The molecule has 0 saturated heterocycles. The van der Waals surface area contributed by atoms with Gasteiger partial charge >= 0.3 is 0 Å². The van der Waals surface area contributed by atoms with Gasteiger partial charge in [-0.15, -0.1) is 0 Å². The molecule has 0 amide bonds. The van der Waals surface area contributed by atoms with E-state index in [-0.39, 0.29) is 6.10 Å². The van der Waals surface area contributed by atoms with Gasteiger partial charge in [0.1, 0.15) is 6.29 Å². The zero-order chi connectivity index (χ0) is 13.5. The molecule has 0 saturated carbocycles. The normalized spacial score (nSPS) is 12.6. The van der Waals surface area contributed by atoms with E-state index in [0.29, 0.717) is 0 Å². The smallest absolute Gasteiger partial charge is 0.119 e. The van der Waals surface area contributed by atoms with Crippen LogP contribution in [0.4, 0.5) is 0 Å². The Labute approximate surface area is 113 Å². The van der Waals surface area contributed by atoms with E-state index in [1.807, 2.05) is 0 Å². The second kappa shape index (κ2) is 14.7. The monoisotopic (exact) mass is 256 g/mol. The third kappa shape index (κ3) is 13.7. The van der Waals surface area contributed by atoms with E-state index in [1.165, 1.54) is 57.8 Å². The van der Waals surface area contributed by atoms with Crippen molar-refractivity contribution in [1.29, 1.82) is 0 Å². The highest BCUT2D eigenvalue weighted by Crippen LogP contribution is 2.13. The molecule has 0 aromatic rings. The van der Waals surface area contributed by atoms with Crippen LogP contribution in [0.2, 0.25) is 0 Å². The Morgan fingerprint density at radius 3 is 1.89 bits per heavy atom. The molecule has 0 heterocycles. The maximum atomic E-state index is 10.1. The molecule has 1 unspecified atom stereocenters. The lowest BCUT2D eigenvalue weighted by atomic mass is 10.0. The van der Waals surface area contributed by atoms with Gasteiger partial charge in [0.05, 0.1) is 6.10 Å². The Kier molecular flexibility index (Phi) is 14.4. The minimum absolute atomic E-state index is 0.0656. The molecule has 1 atom stereocenters. The highest BCUT2D eigenvalue weighted by Gasteiger charge is 2.02. The molecule has 2 nitrogen and oxygen atoms in total. The second-order valence-corrected chi connectivity index (χ2v) is 5.37. The van der Waals surface area contributed by atoms with Crippen LogP contribution in [0.25, 0.3) is 0 Å². The van der Waals surface area contributed by atoms with E-state index in [4.69, 9.17) is 0 Å². The van der Waals surface area contributed by atoms with Gasteiger partial charge in [-0.05, 0) is 19.3 Å². The second-order valence-electron chi connectivity index (χ2n) is 5.37. The van der Waals surface area contributed by atoms with E-state index in [2.05, 4.69) is 6.92 Å². The number of carbonyl (C=O) groups is 1. The first-order valence-electron chi connectivity index (χ1n) is 7.93. The molecule has 18 heavy (non-hydrogen) atoms. The Morgan fingerprint density at radius 1 is 0.833 bits per heavy atom. The Balaban J connectivity index is 3.07. The van der Waals surface area contributed by atoms with Gasteiger partial charge in [0, 0.05) is 6.42 Å². The number of aldehydes is 1. The summed E-state index contributed by atoms with van der Waals surface area (Å²) in [5, 5.41) is 9.74. The number of hydrogen-bond donors (Lipinski definition) is 1. The van der Waals surface area contributed by atoms with Crippen molar-refractivity contribution in [3.8, 4) is 0 Å². The average Bonchev–Trinajstić information content (AvgIpc) is 2.37. The Morgan fingerprint density at radius 2 is 1.33 bits per heavy atom. The van der Waals surface area contributed by atoms with Crippen LogP contribution in [-0.2, 0) is 4.79 Å². The molecule has 1 N–H and O–H groups in total. The van der Waals surface area contributed by atoms with Crippen LogP contribution < -0.4 is 0 Å². The summed E-state index contributed by atoms with van der Waals surface area (Å²) in [6.07, 6.45) is 15.8. The Bertz CT molecular complexity index is 168. The molecule has 108 valence electrons. The first kappa shape index (κ1) is 17.6. The number of aliphatic hydroxyl groups excluding tert-OH is 1. The minimum Gasteiger partial charge on any atom is -0.393 e. The van der Waals surface area contributed by atoms with Gasteiger partial charge in [-0.2, -0.15) is 0 Å². The summed E-state index contributed by atoms with van der Waals surface area (Å²) < 4.78 is 0. The van der Waals surface area contributed by atoms with E-state index in [9.17, 15) is 9.90 Å². The number of unbranched alkanes of at least 4 members (excludes halogenated alkanes) is 9. The molecule has 0 radical (unpaired) electrons. The lowest BCUT2D eigenvalue weighted by molar-refractivity contribution is -0.107. The summed E-state index contributed by atoms with van der Waals surface area (Å²) in [5.41, 5.74) is 0. The lowest BCUT2D eigenvalue weighted by Crippen LogP contribution is -2.05. The molecule has 0 spiro atoms. The van der Waals surface area contributed by atoms with Crippen molar-refractivity contribution >= 4 is 6.29 Å². The maximum absolute atomic E-state index is 10.1. The van der Waals surface area contributed by atoms with Crippen molar-refractivity contribution in [3.05, 3.63) is 0 Å². The van der Waals surface area contributed by atoms with Gasteiger partial charge in [0.25, 0.3) is 0 Å². The molecule has 0 aliphatic carbocycles. The molecule has 0 bridgehead atoms. The molecule has 0 aliphatic heterocycles. The maximum Gasteiger partial charge on any atom is 0.119 e. The highest BCUT2D eigenvalue weighted by molar-refractivity contribution is 5.48. The van der Waals surface area contributed by atoms with Crippen LogP contribution >= 0.6 is 0 Å². The SMILES string of the molecule is CCCCCC(O)CCCCCCCCCC=O. The van der Waals surface area contributed by atoms with E-state index >= 15 is 0 Å². The summed E-state index contributed by atoms with van der Waals surface area (Å²) in [4.78, 5) is 10.1. The number of rotatable bonds is 14. The van der Waals surface area contributed by atoms with Crippen LogP contribution in [0, 0.1) is 0 Å². The molecular formula is C16H32O2. The standard InChI is InChI=1S/C16H32O2/c1-2-3-10-13-16(18)14-11-8-6-4-5-7-9-12-15-17/h15-16,18H,2-14H2,1H3. The fraction of sp³-hybridized carbons (Fsp3) is 0.938. The van der Waals surface area contributed by atoms with Crippen LogP contribution in [0.15, 0.2) is 0 Å². The summed E-state index contributed by atoms with van der Waals surface area (Å²) >= 11 is 0. The number of aliphatic hydroxyl groups is 1. The van der Waals surface area contributed by atoms with Gasteiger partial charge in [-0.1, -0.05) is 64.7 Å². The van der Waals surface area contributed by atoms with Crippen molar-refractivity contribution < 1.29 is 9.90 Å². The molecule has 0 aromatic heterocycles. The summed E-state index contributed by atoms with van der Waals surface area (Å²) in [6, 6.07) is 0. The molecule has 0 aromatic carbocycles. The van der Waals surface area contributed by atoms with Gasteiger partial charge in [-0.3, -0.25) is 0 Å². The fourth-order valence-corrected chi connectivity index (χ4v) is 2.27. The van der Waals surface area contributed by atoms with E-state index in [0.717, 1.165) is 32.0 Å². The average molecular weight is 256 g/mol. The zero-order valence-corrected chi connectivity index (χ0v) is 12.2. The summed E-state index contributed by atoms with van der Waals surface area (Å²) in [5.74, 6) is 0. The zero-order valence-electron chi connectivity index (χ0n) is 12.2. The third-order valence-corrected chi connectivity index (χ3v) is 3.50. The lowest BCUT2D eigenvalue weighted by Gasteiger charge is -2.09. The largest absolute Gasteiger partial charge is 0.393 e. The van der Waals surface area contributed by atoms with Gasteiger partial charge < -0.3 is 9.90 Å². The first-order valence-corrected chi connectivity index (χ1v) is 7.93. The van der Waals surface area contributed by atoms with Crippen LogP contribution in [0.5, 0.6) is 0 Å². The number of hydrogen-bond acceptors (Lipinski definition) is 2. The Hall–Kier alpha value is -0.370. The molecule has 0 fully saturated rings. The van der Waals surface area contributed by atoms with Crippen molar-refractivity contribution in [2.24, 2.45) is 0 Å². The molecule has 0 rings (SSSR count). The van der Waals surface area contributed by atoms with Crippen LogP contribution in [-0.4, -0.2) is 17.5 Å². The number of carbonyl (C=O) groups excluding carboxylic acids is 1. The van der Waals surface area contributed by atoms with Crippen LogP contribution in [0.1, 0.15) is 90.4 Å². The van der Waals surface area contributed by atoms with Crippen molar-refractivity contribution in [2.45, 2.75) is 96.5 Å². The van der Waals surface area contributed by atoms with Gasteiger partial charge in [0.15, 0.2) is 0 Å². The van der Waals surface area contributed by atoms with Crippen LogP contribution in [0.3, 0.4) is 0 Å². The van der Waals surface area contributed by atoms with Gasteiger partial charge in [0.2, 0.25) is 0 Å². The predicted molar refractivity (Wildman–Crippen MR) is 77.8 cm³/mol. The minimum atomic E-state index is -0.0656. The van der Waals surface area contributed by atoms with Crippen molar-refractivity contribution in [3.63, 3.8) is 0 Å². The fourth-order valence-electron chi connectivity index (χ4n) is 2.27.